The van der Waals surface area contributed by atoms with Crippen molar-refractivity contribution in [3.05, 3.63) is 64.7 Å². The molecule has 0 fully saturated rings. The number of non-ortho nitro benzene ring substituents is 1. The Hall–Kier alpha value is -3.03. The SMILES string of the molecule is CCSc1nnc(NC(=O)CN(c2cccc([N+](=O)[O-])c2)S(=O)(=O)c2ccccc2)s1. The van der Waals surface area contributed by atoms with Crippen LogP contribution in [0, 0.1) is 10.1 Å². The van der Waals surface area contributed by atoms with E-state index in [4.69, 9.17) is 0 Å². The van der Waals surface area contributed by atoms with Crippen molar-refractivity contribution < 1.29 is 18.1 Å². The van der Waals surface area contributed by atoms with Crippen molar-refractivity contribution in [1.82, 2.24) is 10.2 Å². The molecule has 0 saturated carbocycles. The molecular weight excluding hydrogens is 462 g/mol. The molecule has 1 aromatic heterocycles. The molecular formula is C18H17N5O5S3. The molecule has 3 rings (SSSR count). The molecule has 162 valence electrons. The third kappa shape index (κ3) is 5.57. The van der Waals surface area contributed by atoms with Gasteiger partial charge < -0.3 is 0 Å². The highest BCUT2D eigenvalue weighted by Gasteiger charge is 2.28. The molecule has 0 bridgehead atoms. The first-order chi connectivity index (χ1) is 14.8. The fourth-order valence-electron chi connectivity index (χ4n) is 2.53. The van der Waals surface area contributed by atoms with Crippen LogP contribution in [0.4, 0.5) is 16.5 Å². The molecule has 0 spiro atoms. The molecule has 0 saturated heterocycles. The van der Waals surface area contributed by atoms with Crippen molar-refractivity contribution in [3.63, 3.8) is 0 Å². The number of carbonyl (C=O) groups excluding carboxylic acids is 1. The van der Waals surface area contributed by atoms with Gasteiger partial charge in [0.2, 0.25) is 11.0 Å². The number of hydrogen-bond donors (Lipinski definition) is 1. The Balaban J connectivity index is 1.93. The average molecular weight is 480 g/mol. The monoisotopic (exact) mass is 479 g/mol. The van der Waals surface area contributed by atoms with E-state index >= 15 is 0 Å². The highest BCUT2D eigenvalue weighted by molar-refractivity contribution is 8.01. The lowest BCUT2D eigenvalue weighted by Gasteiger charge is -2.23. The van der Waals surface area contributed by atoms with E-state index in [-0.39, 0.29) is 21.4 Å². The fraction of sp³-hybridized carbons (Fsp3) is 0.167. The van der Waals surface area contributed by atoms with Gasteiger partial charge in [-0.2, -0.15) is 0 Å². The number of nitro groups is 1. The summed E-state index contributed by atoms with van der Waals surface area (Å²) in [5, 5.41) is 21.7. The van der Waals surface area contributed by atoms with Crippen LogP contribution in [0.5, 0.6) is 0 Å². The lowest BCUT2D eigenvalue weighted by Crippen LogP contribution is -2.38. The van der Waals surface area contributed by atoms with Gasteiger partial charge in [0.15, 0.2) is 4.34 Å². The van der Waals surface area contributed by atoms with Crippen molar-refractivity contribution in [3.8, 4) is 0 Å². The van der Waals surface area contributed by atoms with Crippen molar-refractivity contribution in [1.29, 1.82) is 0 Å². The first-order valence-electron chi connectivity index (χ1n) is 8.89. The van der Waals surface area contributed by atoms with E-state index in [1.54, 1.807) is 18.2 Å². The van der Waals surface area contributed by atoms with E-state index in [9.17, 15) is 23.3 Å². The van der Waals surface area contributed by atoms with Gasteiger partial charge in [-0.25, -0.2) is 8.42 Å². The second kappa shape index (κ2) is 9.85. The normalized spacial score (nSPS) is 11.1. The molecule has 0 aliphatic carbocycles. The van der Waals surface area contributed by atoms with Crippen molar-refractivity contribution in [2.45, 2.75) is 16.2 Å². The van der Waals surface area contributed by atoms with Crippen LogP contribution in [-0.4, -0.2) is 41.7 Å². The van der Waals surface area contributed by atoms with Gasteiger partial charge in [0.25, 0.3) is 15.7 Å². The number of hydrogen-bond acceptors (Lipinski definition) is 9. The Morgan fingerprint density at radius 2 is 1.94 bits per heavy atom. The highest BCUT2D eigenvalue weighted by atomic mass is 32.2. The van der Waals surface area contributed by atoms with Gasteiger partial charge in [0.05, 0.1) is 15.5 Å². The Morgan fingerprint density at radius 1 is 1.19 bits per heavy atom. The van der Waals surface area contributed by atoms with Crippen molar-refractivity contribution in [2.24, 2.45) is 0 Å². The topological polar surface area (TPSA) is 135 Å². The number of anilines is 2. The quantitative estimate of drug-likeness (QED) is 0.213. The van der Waals surface area contributed by atoms with E-state index in [1.165, 1.54) is 53.4 Å². The van der Waals surface area contributed by atoms with Crippen molar-refractivity contribution in [2.75, 3.05) is 21.9 Å². The minimum Gasteiger partial charge on any atom is -0.299 e. The number of rotatable bonds is 9. The molecule has 0 aliphatic rings. The second-order valence-corrected chi connectivity index (χ2v) is 10.3. The summed E-state index contributed by atoms with van der Waals surface area (Å²) in [5.74, 6) is 0.133. The standard InChI is InChI=1S/C18H17N5O5S3/c1-2-29-18-21-20-17(30-18)19-16(24)12-22(13-7-6-8-14(11-13)23(25)26)31(27,28)15-9-4-3-5-10-15/h3-11H,2,12H2,1H3,(H,19,20,24). The van der Waals surface area contributed by atoms with Gasteiger partial charge in [0, 0.05) is 12.1 Å². The zero-order chi connectivity index (χ0) is 22.4. The number of thioether (sulfide) groups is 1. The molecule has 31 heavy (non-hydrogen) atoms. The van der Waals surface area contributed by atoms with E-state index in [0.717, 1.165) is 16.1 Å². The van der Waals surface area contributed by atoms with Crippen LogP contribution < -0.4 is 9.62 Å². The average Bonchev–Trinajstić information content (AvgIpc) is 3.19. The number of nitro benzene ring substituents is 1. The molecule has 1 N–H and O–H groups in total. The van der Waals surface area contributed by atoms with Gasteiger partial charge in [-0.15, -0.1) is 10.2 Å². The highest BCUT2D eigenvalue weighted by Crippen LogP contribution is 2.28. The molecule has 1 amide bonds. The molecule has 10 nitrogen and oxygen atoms in total. The predicted molar refractivity (Wildman–Crippen MR) is 119 cm³/mol. The number of nitrogens with zero attached hydrogens (tertiary/aromatic N) is 4. The van der Waals surface area contributed by atoms with E-state index in [2.05, 4.69) is 15.5 Å². The predicted octanol–water partition coefficient (Wildman–Crippen LogP) is 3.39. The summed E-state index contributed by atoms with van der Waals surface area (Å²) in [4.78, 5) is 23.1. The zero-order valence-electron chi connectivity index (χ0n) is 16.2. The second-order valence-electron chi connectivity index (χ2n) is 5.96. The van der Waals surface area contributed by atoms with Crippen LogP contribution in [0.15, 0.2) is 63.8 Å². The smallest absolute Gasteiger partial charge is 0.271 e. The van der Waals surface area contributed by atoms with Gasteiger partial charge in [0.1, 0.15) is 6.54 Å². The number of sulfonamides is 1. The van der Waals surface area contributed by atoms with Gasteiger partial charge in [-0.1, -0.05) is 54.3 Å². The molecule has 1 heterocycles. The minimum atomic E-state index is -4.17. The maximum Gasteiger partial charge on any atom is 0.271 e. The lowest BCUT2D eigenvalue weighted by molar-refractivity contribution is -0.384. The first kappa shape index (κ1) is 22.7. The largest absolute Gasteiger partial charge is 0.299 e. The summed E-state index contributed by atoms with van der Waals surface area (Å²) in [6, 6.07) is 12.6. The van der Waals surface area contributed by atoms with Crippen molar-refractivity contribution >= 4 is 55.5 Å². The summed E-state index contributed by atoms with van der Waals surface area (Å²) < 4.78 is 28.0. The maximum atomic E-state index is 13.2. The van der Waals surface area contributed by atoms with Gasteiger partial charge in [-0.05, 0) is 24.0 Å². The fourth-order valence-corrected chi connectivity index (χ4v) is 5.63. The van der Waals surface area contributed by atoms with E-state index in [1.807, 2.05) is 6.92 Å². The molecule has 3 aromatic rings. The minimum absolute atomic E-state index is 0.00676. The lowest BCUT2D eigenvalue weighted by atomic mass is 10.3. The van der Waals surface area contributed by atoms with Crippen LogP contribution in [0.1, 0.15) is 6.92 Å². The maximum absolute atomic E-state index is 13.2. The third-order valence-corrected chi connectivity index (χ3v) is 7.51. The molecule has 0 atom stereocenters. The Morgan fingerprint density at radius 3 is 2.61 bits per heavy atom. The van der Waals surface area contributed by atoms with Gasteiger partial charge >= 0.3 is 0 Å². The number of aromatic nitrogens is 2. The summed E-state index contributed by atoms with van der Waals surface area (Å²) >= 11 is 2.63. The zero-order valence-corrected chi connectivity index (χ0v) is 18.6. The summed E-state index contributed by atoms with van der Waals surface area (Å²) in [6.07, 6.45) is 0. The van der Waals surface area contributed by atoms with E-state index in [0.29, 0.717) is 4.34 Å². The summed E-state index contributed by atoms with van der Waals surface area (Å²) in [7, 11) is -4.17. The third-order valence-electron chi connectivity index (χ3n) is 3.87. The molecule has 13 heteroatoms. The Labute approximate surface area is 186 Å². The molecule has 2 aromatic carbocycles. The number of amides is 1. The van der Waals surface area contributed by atoms with Crippen LogP contribution in [0.25, 0.3) is 0 Å². The van der Waals surface area contributed by atoms with Crippen LogP contribution in [0.3, 0.4) is 0 Å². The molecule has 0 unspecified atom stereocenters. The number of nitrogens with one attached hydrogen (secondary N) is 1. The summed E-state index contributed by atoms with van der Waals surface area (Å²) in [6.45, 7) is 1.35. The summed E-state index contributed by atoms with van der Waals surface area (Å²) in [5.41, 5.74) is -0.302. The Bertz CT molecular complexity index is 1180. The first-order valence-corrected chi connectivity index (χ1v) is 12.1. The number of benzene rings is 2. The Kier molecular flexibility index (Phi) is 7.20. The van der Waals surface area contributed by atoms with Crippen LogP contribution >= 0.6 is 23.1 Å². The molecule has 0 aliphatic heterocycles. The number of carbonyl (C=O) groups is 1. The van der Waals surface area contributed by atoms with Gasteiger partial charge in [-0.3, -0.25) is 24.5 Å². The molecule has 0 radical (unpaired) electrons. The van der Waals surface area contributed by atoms with E-state index < -0.39 is 27.4 Å². The van der Waals surface area contributed by atoms with Crippen LogP contribution in [0.2, 0.25) is 0 Å². The van der Waals surface area contributed by atoms with Crippen LogP contribution in [-0.2, 0) is 14.8 Å².